The molecule has 0 aliphatic carbocycles. The lowest BCUT2D eigenvalue weighted by Crippen LogP contribution is -2.16. The van der Waals surface area contributed by atoms with Crippen molar-refractivity contribution in [3.05, 3.63) is 41.7 Å². The van der Waals surface area contributed by atoms with E-state index in [2.05, 4.69) is 14.7 Å². The van der Waals surface area contributed by atoms with Gasteiger partial charge in [0.25, 0.3) is 10.0 Å². The fraction of sp³-hybridized carbons (Fsp3) is 0.231. The van der Waals surface area contributed by atoms with Crippen LogP contribution in [-0.2, 0) is 16.4 Å². The fourth-order valence-corrected chi connectivity index (χ4v) is 2.68. The summed E-state index contributed by atoms with van der Waals surface area (Å²) in [4.78, 5) is 8.11. The summed E-state index contributed by atoms with van der Waals surface area (Å²) in [6, 6.07) is 5.82. The number of hydrogen-bond acceptors (Lipinski definition) is 6. The topological polar surface area (TPSA) is 118 Å². The molecule has 1 aromatic heterocycles. The van der Waals surface area contributed by atoms with Crippen LogP contribution in [0.5, 0.6) is 0 Å². The van der Waals surface area contributed by atoms with E-state index in [1.165, 1.54) is 30.5 Å². The van der Waals surface area contributed by atoms with Gasteiger partial charge in [0.15, 0.2) is 0 Å². The number of rotatable bonds is 5. The minimum absolute atomic E-state index is 0.00832. The summed E-state index contributed by atoms with van der Waals surface area (Å²) < 4.78 is 26.6. The summed E-state index contributed by atoms with van der Waals surface area (Å²) in [6.07, 6.45) is 1.93. The number of nitrogen functional groups attached to an aromatic ring is 1. The molecule has 1 aromatic carbocycles. The molecule has 4 N–H and O–H groups in total. The average molecular weight is 308 g/mol. The van der Waals surface area contributed by atoms with Crippen LogP contribution in [0.3, 0.4) is 0 Å². The molecule has 0 radical (unpaired) electrons. The van der Waals surface area contributed by atoms with E-state index in [1.807, 2.05) is 0 Å². The van der Waals surface area contributed by atoms with Crippen LogP contribution in [0.1, 0.15) is 11.3 Å². The number of nitrogens with zero attached hydrogens (tertiary/aromatic N) is 2. The number of nitrogens with one attached hydrogen (secondary N) is 1. The Kier molecular flexibility index (Phi) is 4.39. The molecule has 0 saturated heterocycles. The maximum Gasteiger partial charge on any atom is 0.264 e. The van der Waals surface area contributed by atoms with Crippen LogP contribution < -0.4 is 10.5 Å². The van der Waals surface area contributed by atoms with Crippen molar-refractivity contribution in [3.63, 3.8) is 0 Å². The zero-order chi connectivity index (χ0) is 15.5. The number of benzene rings is 1. The second kappa shape index (κ2) is 6.06. The average Bonchev–Trinajstić information content (AvgIpc) is 2.42. The lowest BCUT2D eigenvalue weighted by atomic mass is 10.2. The predicted molar refractivity (Wildman–Crippen MR) is 79.2 cm³/mol. The monoisotopic (exact) mass is 308 g/mol. The minimum Gasteiger partial charge on any atom is -0.399 e. The highest BCUT2D eigenvalue weighted by Gasteiger charge is 2.16. The normalized spacial score (nSPS) is 11.3. The minimum atomic E-state index is -3.75. The third-order valence-corrected chi connectivity index (χ3v) is 4.22. The molecular formula is C13H16N4O3S. The maximum atomic E-state index is 12.2. The number of anilines is 2. The molecule has 0 spiro atoms. The molecule has 0 bridgehead atoms. The van der Waals surface area contributed by atoms with Crippen LogP contribution in [0, 0.1) is 6.92 Å². The smallest absolute Gasteiger partial charge is 0.264 e. The molecule has 2 aromatic rings. The van der Waals surface area contributed by atoms with Crippen molar-refractivity contribution in [2.45, 2.75) is 18.2 Å². The SMILES string of the molecule is Cc1nc(NS(=O)(=O)c2ccc(N)cc2)ncc1CCO. The zero-order valence-corrected chi connectivity index (χ0v) is 12.3. The van der Waals surface area contributed by atoms with E-state index in [1.54, 1.807) is 6.92 Å². The van der Waals surface area contributed by atoms with E-state index >= 15 is 0 Å². The summed E-state index contributed by atoms with van der Waals surface area (Å²) >= 11 is 0. The number of aliphatic hydroxyl groups is 1. The van der Waals surface area contributed by atoms with E-state index < -0.39 is 10.0 Å². The quantitative estimate of drug-likeness (QED) is 0.700. The molecule has 8 heteroatoms. The Balaban J connectivity index is 2.24. The van der Waals surface area contributed by atoms with Gasteiger partial charge in [-0.3, -0.25) is 0 Å². The second-order valence-corrected chi connectivity index (χ2v) is 6.13. The van der Waals surface area contributed by atoms with Gasteiger partial charge < -0.3 is 10.8 Å². The molecule has 0 unspecified atom stereocenters. The molecule has 0 aliphatic rings. The van der Waals surface area contributed by atoms with Gasteiger partial charge in [-0.1, -0.05) is 0 Å². The summed E-state index contributed by atoms with van der Waals surface area (Å²) in [6.45, 7) is 1.72. The molecule has 0 saturated carbocycles. The molecule has 112 valence electrons. The highest BCUT2D eigenvalue weighted by atomic mass is 32.2. The fourth-order valence-electron chi connectivity index (χ4n) is 1.73. The van der Waals surface area contributed by atoms with E-state index in [4.69, 9.17) is 10.8 Å². The summed E-state index contributed by atoms with van der Waals surface area (Å²) in [7, 11) is -3.75. The number of nitrogens with two attached hydrogens (primary N) is 1. The van der Waals surface area contributed by atoms with Crippen molar-refractivity contribution in [3.8, 4) is 0 Å². The van der Waals surface area contributed by atoms with Gasteiger partial charge in [0.1, 0.15) is 0 Å². The maximum absolute atomic E-state index is 12.2. The van der Waals surface area contributed by atoms with Gasteiger partial charge in [0.2, 0.25) is 5.95 Å². The first-order chi connectivity index (χ1) is 9.92. The van der Waals surface area contributed by atoms with Crippen LogP contribution in [0.25, 0.3) is 0 Å². The summed E-state index contributed by atoms with van der Waals surface area (Å²) in [5, 5.41) is 8.89. The third-order valence-electron chi connectivity index (χ3n) is 2.88. The Labute approximate surface area is 122 Å². The van der Waals surface area contributed by atoms with E-state index in [9.17, 15) is 8.42 Å². The van der Waals surface area contributed by atoms with Crippen LogP contribution in [-0.4, -0.2) is 30.1 Å². The molecule has 7 nitrogen and oxygen atoms in total. The molecule has 21 heavy (non-hydrogen) atoms. The highest BCUT2D eigenvalue weighted by Crippen LogP contribution is 2.15. The molecular weight excluding hydrogens is 292 g/mol. The highest BCUT2D eigenvalue weighted by molar-refractivity contribution is 7.92. The van der Waals surface area contributed by atoms with Gasteiger partial charge in [0.05, 0.1) is 4.90 Å². The first-order valence-corrected chi connectivity index (χ1v) is 7.72. The van der Waals surface area contributed by atoms with Gasteiger partial charge in [-0.2, -0.15) is 0 Å². The Hall–Kier alpha value is -2.19. The lowest BCUT2D eigenvalue weighted by Gasteiger charge is -2.09. The number of sulfonamides is 1. The molecule has 0 fully saturated rings. The number of aromatic nitrogens is 2. The van der Waals surface area contributed by atoms with Crippen LogP contribution in [0.4, 0.5) is 11.6 Å². The lowest BCUT2D eigenvalue weighted by molar-refractivity contribution is 0.299. The zero-order valence-electron chi connectivity index (χ0n) is 11.4. The van der Waals surface area contributed by atoms with E-state index in [0.717, 1.165) is 5.56 Å². The van der Waals surface area contributed by atoms with Crippen molar-refractivity contribution in [2.24, 2.45) is 0 Å². The standard InChI is InChI=1S/C13H16N4O3S/c1-9-10(6-7-18)8-15-13(16-9)17-21(19,20)12-4-2-11(14)3-5-12/h2-5,8,18H,6-7,14H2,1H3,(H,15,16,17). The third kappa shape index (κ3) is 3.67. The van der Waals surface area contributed by atoms with Crippen molar-refractivity contribution in [1.82, 2.24) is 9.97 Å². The molecule has 1 heterocycles. The first kappa shape index (κ1) is 15.2. The van der Waals surface area contributed by atoms with Crippen LogP contribution >= 0.6 is 0 Å². The van der Waals surface area contributed by atoms with Gasteiger partial charge in [0, 0.05) is 24.2 Å². The molecule has 0 amide bonds. The first-order valence-electron chi connectivity index (χ1n) is 6.24. The van der Waals surface area contributed by atoms with E-state index in [0.29, 0.717) is 17.8 Å². The van der Waals surface area contributed by atoms with Gasteiger partial charge in [-0.05, 0) is 43.2 Å². The van der Waals surface area contributed by atoms with Crippen molar-refractivity contribution >= 4 is 21.7 Å². The second-order valence-electron chi connectivity index (χ2n) is 4.45. The number of aryl methyl sites for hydroxylation is 1. The summed E-state index contributed by atoms with van der Waals surface area (Å²) in [5.74, 6) is -0.00832. The van der Waals surface area contributed by atoms with Gasteiger partial charge in [-0.15, -0.1) is 0 Å². The Morgan fingerprint density at radius 2 is 1.95 bits per heavy atom. The molecule has 0 atom stereocenters. The van der Waals surface area contributed by atoms with Gasteiger partial charge in [-0.25, -0.2) is 23.1 Å². The van der Waals surface area contributed by atoms with Crippen LogP contribution in [0.2, 0.25) is 0 Å². The van der Waals surface area contributed by atoms with E-state index in [-0.39, 0.29) is 17.5 Å². The van der Waals surface area contributed by atoms with Gasteiger partial charge >= 0.3 is 0 Å². The number of hydrogen-bond donors (Lipinski definition) is 3. The molecule has 0 aliphatic heterocycles. The summed E-state index contributed by atoms with van der Waals surface area (Å²) in [5.41, 5.74) is 7.40. The number of aliphatic hydroxyl groups excluding tert-OH is 1. The van der Waals surface area contributed by atoms with Crippen LogP contribution in [0.15, 0.2) is 35.4 Å². The molecule has 2 rings (SSSR count). The van der Waals surface area contributed by atoms with Crippen molar-refractivity contribution in [1.29, 1.82) is 0 Å². The van der Waals surface area contributed by atoms with Crippen molar-refractivity contribution in [2.75, 3.05) is 17.1 Å². The Bertz CT molecular complexity index is 730. The van der Waals surface area contributed by atoms with Crippen molar-refractivity contribution < 1.29 is 13.5 Å². The Morgan fingerprint density at radius 3 is 2.52 bits per heavy atom. The largest absolute Gasteiger partial charge is 0.399 e. The predicted octanol–water partition coefficient (Wildman–Crippen LogP) is 0.703. The Morgan fingerprint density at radius 1 is 1.29 bits per heavy atom.